The fraction of sp³-hybridized carbons (Fsp3) is 0.469. The molecule has 0 atom stereocenters. The van der Waals surface area contributed by atoms with Crippen LogP contribution in [0, 0.1) is 30.7 Å². The molecule has 3 rings (SSSR count). The number of nitrogens with zero attached hydrogens (tertiary/aromatic N) is 2. The largest absolute Gasteiger partial charge is 0.512 e. The number of para-hydroxylation sites is 1. The molecule has 0 aliphatic carbocycles. The van der Waals surface area contributed by atoms with Crippen LogP contribution in [0.4, 0.5) is 0 Å². The van der Waals surface area contributed by atoms with Gasteiger partial charge in [-0.25, -0.2) is 0 Å². The first kappa shape index (κ1) is 32.7. The second-order valence-corrected chi connectivity index (χ2v) is 11.6. The number of benzene rings is 2. The maximum Gasteiger partial charge on any atom is 0.164 e. The number of aliphatic hydroxyl groups is 1. The molecule has 3 aromatic rings. The Morgan fingerprint density at radius 1 is 0.973 bits per heavy atom. The van der Waals surface area contributed by atoms with E-state index in [1.165, 1.54) is 11.6 Å². The molecule has 0 aliphatic heterocycles. The Morgan fingerprint density at radius 3 is 2.11 bits per heavy atom. The van der Waals surface area contributed by atoms with Crippen molar-refractivity contribution in [3.05, 3.63) is 71.1 Å². The number of aryl methyl sites for hydroxylation is 2. The summed E-state index contributed by atoms with van der Waals surface area (Å²) >= 11 is 0. The second-order valence-electron chi connectivity index (χ2n) is 11.6. The van der Waals surface area contributed by atoms with Crippen LogP contribution in [0.25, 0.3) is 22.3 Å². The van der Waals surface area contributed by atoms with Gasteiger partial charge in [-0.1, -0.05) is 93.4 Å². The zero-order valence-corrected chi connectivity index (χ0v) is 26.5. The van der Waals surface area contributed by atoms with Gasteiger partial charge in [-0.3, -0.25) is 14.8 Å². The minimum Gasteiger partial charge on any atom is -0.512 e. The first-order chi connectivity index (χ1) is 16.7. The third-order valence-corrected chi connectivity index (χ3v) is 6.29. The van der Waals surface area contributed by atoms with Crippen molar-refractivity contribution in [2.45, 2.75) is 88.0 Å². The normalized spacial score (nSPS) is 12.1. The Balaban J connectivity index is 0.000000423. The monoisotopic (exact) mass is 680 g/mol. The first-order valence-corrected chi connectivity index (χ1v) is 12.9. The topological polar surface area (TPSA) is 63.1 Å². The van der Waals surface area contributed by atoms with E-state index in [1.807, 2.05) is 66.7 Å². The van der Waals surface area contributed by atoms with Gasteiger partial charge in [0.15, 0.2) is 5.78 Å². The molecule has 37 heavy (non-hydrogen) atoms. The molecule has 5 heteroatoms. The van der Waals surface area contributed by atoms with Gasteiger partial charge in [0, 0.05) is 48.1 Å². The first-order valence-electron chi connectivity index (χ1n) is 12.9. The fourth-order valence-electron chi connectivity index (χ4n) is 3.77. The summed E-state index contributed by atoms with van der Waals surface area (Å²) in [6.07, 6.45) is 3.63. The van der Waals surface area contributed by atoms with Gasteiger partial charge in [-0.15, -0.1) is 34.9 Å². The van der Waals surface area contributed by atoms with E-state index in [4.69, 9.17) is 9.97 Å². The summed E-state index contributed by atoms with van der Waals surface area (Å²) in [5.41, 5.74) is 4.77. The maximum atomic E-state index is 11.5. The zero-order valence-electron chi connectivity index (χ0n) is 24.1. The molecule has 0 bridgehead atoms. The molecule has 1 heterocycles. The van der Waals surface area contributed by atoms with Crippen LogP contribution in [0.1, 0.15) is 91.0 Å². The Bertz CT molecular complexity index is 1230. The SMILES string of the molecule is CC(C)(C)C(=O)/C=C(\O)C(C)(C)C.CCC(CC)c1cc(C)[c-]c(-c2nc(C)c3ccccc3n2)c1.[Ir]. The molecule has 4 nitrogen and oxygen atoms in total. The van der Waals surface area contributed by atoms with E-state index in [2.05, 4.69) is 45.0 Å². The van der Waals surface area contributed by atoms with Crippen molar-refractivity contribution in [2.24, 2.45) is 10.8 Å². The van der Waals surface area contributed by atoms with Crippen LogP contribution in [0.2, 0.25) is 0 Å². The average molecular weight is 680 g/mol. The van der Waals surface area contributed by atoms with E-state index in [1.54, 1.807) is 0 Å². The number of aliphatic hydroxyl groups excluding tert-OH is 1. The van der Waals surface area contributed by atoms with Crippen LogP contribution in [0.5, 0.6) is 0 Å². The molecule has 203 valence electrons. The molecule has 1 N–H and O–H groups in total. The van der Waals surface area contributed by atoms with Gasteiger partial charge in [-0.05, 0) is 18.9 Å². The maximum absolute atomic E-state index is 11.5. The Morgan fingerprint density at radius 2 is 1.57 bits per heavy atom. The molecule has 0 amide bonds. The second kappa shape index (κ2) is 13.4. The van der Waals surface area contributed by atoms with Gasteiger partial charge in [0.05, 0.1) is 11.3 Å². The average Bonchev–Trinajstić information content (AvgIpc) is 2.78. The van der Waals surface area contributed by atoms with Crippen LogP contribution in [0.3, 0.4) is 0 Å². The van der Waals surface area contributed by atoms with Crippen molar-refractivity contribution in [3.8, 4) is 11.4 Å². The number of rotatable bonds is 5. The number of aromatic nitrogens is 2. The van der Waals surface area contributed by atoms with Gasteiger partial charge in [0.2, 0.25) is 0 Å². The molecule has 0 aliphatic rings. The molecule has 0 saturated heterocycles. The third kappa shape index (κ3) is 9.16. The number of ketones is 1. The van der Waals surface area contributed by atoms with E-state index in [0.717, 1.165) is 46.4 Å². The molecule has 2 aromatic carbocycles. The molecule has 0 unspecified atom stereocenters. The van der Waals surface area contributed by atoms with Gasteiger partial charge in [0.25, 0.3) is 0 Å². The van der Waals surface area contributed by atoms with Crippen molar-refractivity contribution in [3.63, 3.8) is 0 Å². The molecular weight excluding hydrogens is 637 g/mol. The van der Waals surface area contributed by atoms with Crippen molar-refractivity contribution in [1.82, 2.24) is 9.97 Å². The summed E-state index contributed by atoms with van der Waals surface area (Å²) in [7, 11) is 0. The fourth-order valence-corrected chi connectivity index (χ4v) is 3.77. The van der Waals surface area contributed by atoms with Crippen molar-refractivity contribution >= 4 is 16.7 Å². The van der Waals surface area contributed by atoms with Crippen molar-refractivity contribution in [2.75, 3.05) is 0 Å². The van der Waals surface area contributed by atoms with Crippen molar-refractivity contribution < 1.29 is 30.0 Å². The van der Waals surface area contributed by atoms with E-state index < -0.39 is 5.41 Å². The number of allylic oxidation sites excluding steroid dienone is 2. The van der Waals surface area contributed by atoms with Gasteiger partial charge >= 0.3 is 0 Å². The summed E-state index contributed by atoms with van der Waals surface area (Å²) in [5.74, 6) is 1.47. The summed E-state index contributed by atoms with van der Waals surface area (Å²) in [6.45, 7) is 19.8. The number of carbonyl (C=O) groups is 1. The quantitative estimate of drug-likeness (QED) is 0.167. The standard InChI is InChI=1S/C21H23N2.C11H20O2.Ir/c1-5-16(6-2)17-11-14(3)12-18(13-17)21-22-15(4)19-9-7-8-10-20(19)23-21;1-10(2,3)8(12)7-9(13)11(4,5)6;/h7-11,13,16H,5-6H2,1-4H3;7,12H,1-6H3;/q-1;;/b;8-7-;. The zero-order chi connectivity index (χ0) is 27.3. The Kier molecular flexibility index (Phi) is 11.9. The molecule has 0 spiro atoms. The number of fused-ring (bicyclic) bond motifs is 1. The van der Waals surface area contributed by atoms with Gasteiger partial charge in [-0.2, -0.15) is 0 Å². The summed E-state index contributed by atoms with van der Waals surface area (Å²) < 4.78 is 0. The van der Waals surface area contributed by atoms with Crippen LogP contribution in [0.15, 0.2) is 48.2 Å². The predicted molar refractivity (Wildman–Crippen MR) is 151 cm³/mol. The molecular formula is C32H43IrN2O2-. The predicted octanol–water partition coefficient (Wildman–Crippen LogP) is 8.70. The number of hydrogen-bond acceptors (Lipinski definition) is 4. The smallest absolute Gasteiger partial charge is 0.164 e. The van der Waals surface area contributed by atoms with E-state index >= 15 is 0 Å². The summed E-state index contributed by atoms with van der Waals surface area (Å²) in [5, 5.41) is 10.7. The van der Waals surface area contributed by atoms with E-state index in [0.29, 0.717) is 5.92 Å². The molecule has 0 fully saturated rings. The Hall–Kier alpha value is -2.36. The van der Waals surface area contributed by atoms with Gasteiger partial charge in [0.1, 0.15) is 5.76 Å². The number of hydrogen-bond donors (Lipinski definition) is 1. The van der Waals surface area contributed by atoms with Crippen LogP contribution in [-0.4, -0.2) is 20.9 Å². The molecule has 0 saturated carbocycles. The number of carbonyl (C=O) groups excluding carboxylic acids is 1. The third-order valence-electron chi connectivity index (χ3n) is 6.29. The van der Waals surface area contributed by atoms with Gasteiger partial charge < -0.3 is 5.11 Å². The molecule has 1 aromatic heterocycles. The van der Waals surface area contributed by atoms with Crippen LogP contribution >= 0.6 is 0 Å². The minimum absolute atomic E-state index is 0. The minimum atomic E-state index is -0.417. The van der Waals surface area contributed by atoms with Crippen LogP contribution in [-0.2, 0) is 24.9 Å². The van der Waals surface area contributed by atoms with E-state index in [9.17, 15) is 9.90 Å². The summed E-state index contributed by atoms with van der Waals surface area (Å²) in [4.78, 5) is 21.0. The molecule has 1 radical (unpaired) electrons. The Labute approximate surface area is 237 Å². The summed E-state index contributed by atoms with van der Waals surface area (Å²) in [6, 6.07) is 16.1. The van der Waals surface area contributed by atoms with Crippen molar-refractivity contribution in [1.29, 1.82) is 0 Å². The van der Waals surface area contributed by atoms with E-state index in [-0.39, 0.29) is 37.1 Å². The van der Waals surface area contributed by atoms with Crippen LogP contribution < -0.4 is 0 Å².